The second-order valence-corrected chi connectivity index (χ2v) is 8.08. The summed E-state index contributed by atoms with van der Waals surface area (Å²) in [7, 11) is 1.63. The smallest absolute Gasteiger partial charge is 0.335 e. The molecule has 0 saturated carbocycles. The lowest BCUT2D eigenvalue weighted by Gasteiger charge is -2.30. The second kappa shape index (κ2) is 8.24. The number of aromatic nitrogens is 1. The minimum Gasteiger partial charge on any atom is -0.335 e. The fourth-order valence-corrected chi connectivity index (χ4v) is 4.20. The zero-order valence-corrected chi connectivity index (χ0v) is 18.3. The van der Waals surface area contributed by atoms with Crippen LogP contribution in [0.15, 0.2) is 54.6 Å². The van der Waals surface area contributed by atoms with Crippen molar-refractivity contribution in [3.05, 3.63) is 88.1 Å². The first-order valence-corrected chi connectivity index (χ1v) is 10.3. The number of likely N-dealkylation sites (N-methyl/N-ethyl adjacent to an activating group) is 1. The van der Waals surface area contributed by atoms with Crippen LogP contribution in [-0.4, -0.2) is 17.9 Å². The van der Waals surface area contributed by atoms with Crippen LogP contribution in [0.2, 0.25) is 0 Å². The molecule has 1 aromatic heterocycles. The van der Waals surface area contributed by atoms with E-state index in [9.17, 15) is 23.2 Å². The average molecular weight is 450 g/mol. The summed E-state index contributed by atoms with van der Waals surface area (Å²) in [6.45, 7) is 3.52. The van der Waals surface area contributed by atoms with Crippen LogP contribution < -0.4 is 9.80 Å². The van der Waals surface area contributed by atoms with E-state index in [2.05, 4.69) is 4.98 Å². The Balaban J connectivity index is 1.87. The highest BCUT2D eigenvalue weighted by molar-refractivity contribution is 6.00. The molecule has 0 spiro atoms. The van der Waals surface area contributed by atoms with E-state index in [1.165, 1.54) is 16.7 Å². The van der Waals surface area contributed by atoms with Crippen molar-refractivity contribution in [3.8, 4) is 6.07 Å². The predicted octanol–water partition coefficient (Wildman–Crippen LogP) is 5.31. The molecule has 0 N–H and O–H groups in total. The van der Waals surface area contributed by atoms with E-state index in [0.29, 0.717) is 11.3 Å². The van der Waals surface area contributed by atoms with Crippen LogP contribution in [0.5, 0.6) is 0 Å². The van der Waals surface area contributed by atoms with E-state index in [1.54, 1.807) is 31.3 Å². The molecule has 168 valence electrons. The van der Waals surface area contributed by atoms with E-state index in [0.717, 1.165) is 17.2 Å². The molecule has 1 amide bonds. The van der Waals surface area contributed by atoms with Crippen molar-refractivity contribution in [2.45, 2.75) is 32.6 Å². The van der Waals surface area contributed by atoms with Crippen molar-refractivity contribution in [1.82, 2.24) is 4.98 Å². The predicted molar refractivity (Wildman–Crippen MR) is 119 cm³/mol. The van der Waals surface area contributed by atoms with Gasteiger partial charge in [0.15, 0.2) is 0 Å². The van der Waals surface area contributed by atoms with Crippen LogP contribution in [0.1, 0.15) is 39.6 Å². The number of carbonyl (C=O) groups excluding carboxylic acids is 1. The molecule has 8 heteroatoms. The quantitative estimate of drug-likeness (QED) is 0.542. The molecule has 2 heterocycles. The van der Waals surface area contributed by atoms with Gasteiger partial charge in [0.2, 0.25) is 0 Å². The molecular weight excluding hydrogens is 429 g/mol. The van der Waals surface area contributed by atoms with Gasteiger partial charge in [-0.2, -0.15) is 18.4 Å². The summed E-state index contributed by atoms with van der Waals surface area (Å²) in [5, 5.41) is 9.66. The highest BCUT2D eigenvalue weighted by Crippen LogP contribution is 2.42. The molecule has 0 radical (unpaired) electrons. The number of fused-ring (bicyclic) bond motifs is 1. The van der Waals surface area contributed by atoms with Crippen LogP contribution >= 0.6 is 0 Å². The summed E-state index contributed by atoms with van der Waals surface area (Å²) in [5.74, 6) is -0.469. The van der Waals surface area contributed by atoms with Gasteiger partial charge in [-0.05, 0) is 48.7 Å². The van der Waals surface area contributed by atoms with Crippen molar-refractivity contribution in [2.24, 2.45) is 0 Å². The van der Waals surface area contributed by atoms with Gasteiger partial charge in [-0.1, -0.05) is 36.4 Å². The van der Waals surface area contributed by atoms with E-state index < -0.39 is 23.3 Å². The molecule has 3 aromatic rings. The Kier molecular flexibility index (Phi) is 5.58. The highest BCUT2D eigenvalue weighted by atomic mass is 19.4. The average Bonchev–Trinajstić information content (AvgIpc) is 3.16. The number of hydrogen-bond donors (Lipinski definition) is 0. The number of carbonyl (C=O) groups is 1. The molecule has 1 aliphatic heterocycles. The summed E-state index contributed by atoms with van der Waals surface area (Å²) < 4.78 is 41.1. The third kappa shape index (κ3) is 4.02. The molecule has 4 rings (SSSR count). The molecule has 0 bridgehead atoms. The third-order valence-electron chi connectivity index (χ3n) is 5.77. The van der Waals surface area contributed by atoms with Gasteiger partial charge in [-0.15, -0.1) is 0 Å². The molecule has 1 atom stereocenters. The number of benzene rings is 2. The van der Waals surface area contributed by atoms with Crippen LogP contribution in [-0.2, 0) is 17.5 Å². The van der Waals surface area contributed by atoms with E-state index in [1.807, 2.05) is 37.3 Å². The number of hydrogen-bond acceptors (Lipinski definition) is 4. The van der Waals surface area contributed by atoms with Crippen molar-refractivity contribution in [2.75, 3.05) is 16.8 Å². The first-order valence-electron chi connectivity index (χ1n) is 10.3. The molecular formula is C25H21F3N4O. The van der Waals surface area contributed by atoms with Gasteiger partial charge in [0, 0.05) is 25.0 Å². The topological polar surface area (TPSA) is 60.2 Å². The molecule has 0 fully saturated rings. The Morgan fingerprint density at radius 3 is 2.55 bits per heavy atom. The maximum Gasteiger partial charge on any atom is 0.417 e. The number of alkyl halides is 3. The maximum absolute atomic E-state index is 13.7. The van der Waals surface area contributed by atoms with Crippen LogP contribution in [0.25, 0.3) is 0 Å². The minimum absolute atomic E-state index is 0.116. The number of rotatable bonds is 3. The van der Waals surface area contributed by atoms with Gasteiger partial charge in [0.1, 0.15) is 23.5 Å². The standard InChI is InChI=1S/C25H21F3N4O/c1-15-7-6-9-18(11-15)31(3)24(33)22-19-10-5-4-8-17(19)14-32(22)23-20(13-29)21(25(26,27)28)12-16(2)30-23/h4-12,22H,14H2,1-3H3/t22-/m0/s1. The Bertz CT molecular complexity index is 1280. The minimum atomic E-state index is -4.72. The lowest BCUT2D eigenvalue weighted by Crippen LogP contribution is -2.39. The third-order valence-corrected chi connectivity index (χ3v) is 5.77. The fourth-order valence-electron chi connectivity index (χ4n) is 4.20. The van der Waals surface area contributed by atoms with Gasteiger partial charge in [0.25, 0.3) is 5.91 Å². The SMILES string of the molecule is Cc1cccc(N(C)C(=O)[C@@H]2c3ccccc3CN2c2nc(C)cc(C(F)(F)F)c2C#N)c1. The molecule has 0 aliphatic carbocycles. The van der Waals surface area contributed by atoms with E-state index in [4.69, 9.17) is 0 Å². The van der Waals surface area contributed by atoms with Crippen LogP contribution in [0, 0.1) is 25.2 Å². The summed E-state index contributed by atoms with van der Waals surface area (Å²) in [6.07, 6.45) is -4.72. The van der Waals surface area contributed by atoms with Crippen molar-refractivity contribution in [3.63, 3.8) is 0 Å². The number of nitriles is 1. The molecule has 1 aliphatic rings. The number of amides is 1. The Morgan fingerprint density at radius 2 is 1.88 bits per heavy atom. The van der Waals surface area contributed by atoms with Crippen molar-refractivity contribution < 1.29 is 18.0 Å². The molecule has 0 saturated heterocycles. The number of pyridine rings is 1. The normalized spacial score (nSPS) is 15.2. The van der Waals surface area contributed by atoms with Crippen LogP contribution in [0.3, 0.4) is 0 Å². The molecule has 2 aromatic carbocycles. The maximum atomic E-state index is 13.7. The van der Waals surface area contributed by atoms with Crippen molar-refractivity contribution >= 4 is 17.4 Å². The number of halogens is 3. The fraction of sp³-hybridized carbons (Fsp3) is 0.240. The lowest BCUT2D eigenvalue weighted by atomic mass is 10.0. The highest BCUT2D eigenvalue weighted by Gasteiger charge is 2.42. The Labute approximate surface area is 189 Å². The van der Waals surface area contributed by atoms with E-state index in [-0.39, 0.29) is 24.0 Å². The molecule has 5 nitrogen and oxygen atoms in total. The second-order valence-electron chi connectivity index (χ2n) is 8.08. The first kappa shape index (κ1) is 22.3. The summed E-state index contributed by atoms with van der Waals surface area (Å²) in [5.41, 5.74) is 1.59. The number of nitrogens with zero attached hydrogens (tertiary/aromatic N) is 4. The van der Waals surface area contributed by atoms with Gasteiger partial charge in [-0.3, -0.25) is 4.79 Å². The van der Waals surface area contributed by atoms with Gasteiger partial charge >= 0.3 is 6.18 Å². The largest absolute Gasteiger partial charge is 0.417 e. The Morgan fingerprint density at radius 1 is 1.15 bits per heavy atom. The summed E-state index contributed by atoms with van der Waals surface area (Å²) in [6, 6.07) is 16.2. The summed E-state index contributed by atoms with van der Waals surface area (Å²) in [4.78, 5) is 21.0. The lowest BCUT2D eigenvalue weighted by molar-refractivity contribution is -0.137. The first-order chi connectivity index (χ1) is 15.6. The zero-order valence-electron chi connectivity index (χ0n) is 18.3. The van der Waals surface area contributed by atoms with Crippen molar-refractivity contribution in [1.29, 1.82) is 5.26 Å². The zero-order chi connectivity index (χ0) is 23.9. The molecule has 33 heavy (non-hydrogen) atoms. The van der Waals surface area contributed by atoms with Gasteiger partial charge in [0.05, 0.1) is 5.56 Å². The molecule has 0 unspecified atom stereocenters. The number of aryl methyl sites for hydroxylation is 2. The summed E-state index contributed by atoms with van der Waals surface area (Å²) >= 11 is 0. The van der Waals surface area contributed by atoms with Gasteiger partial charge in [-0.25, -0.2) is 4.98 Å². The number of anilines is 2. The Hall–Kier alpha value is -3.86. The van der Waals surface area contributed by atoms with Crippen LogP contribution in [0.4, 0.5) is 24.7 Å². The van der Waals surface area contributed by atoms with Gasteiger partial charge < -0.3 is 9.80 Å². The van der Waals surface area contributed by atoms with E-state index >= 15 is 0 Å². The monoisotopic (exact) mass is 450 g/mol.